The zero-order chi connectivity index (χ0) is 15.8. The summed E-state index contributed by atoms with van der Waals surface area (Å²) in [5.74, 6) is 1.17. The molecule has 0 radical (unpaired) electrons. The van der Waals surface area contributed by atoms with Gasteiger partial charge in [-0.2, -0.15) is 0 Å². The van der Waals surface area contributed by atoms with E-state index in [1.807, 2.05) is 0 Å². The zero-order valence-electron chi connectivity index (χ0n) is 13.5. The third-order valence-corrected chi connectivity index (χ3v) is 4.50. The second-order valence-electron chi connectivity index (χ2n) is 6.83. The highest BCUT2D eigenvalue weighted by Gasteiger charge is 2.29. The Labute approximate surface area is 135 Å². The predicted octanol–water partition coefficient (Wildman–Crippen LogP) is 2.90. The van der Waals surface area contributed by atoms with Crippen LogP contribution in [0.3, 0.4) is 0 Å². The van der Waals surface area contributed by atoms with E-state index >= 15 is 0 Å². The summed E-state index contributed by atoms with van der Waals surface area (Å²) in [5.41, 5.74) is 6.88. The molecule has 1 aliphatic rings. The molecule has 2 N–H and O–H groups in total. The van der Waals surface area contributed by atoms with Crippen molar-refractivity contribution in [2.75, 3.05) is 25.4 Å². The van der Waals surface area contributed by atoms with Crippen LogP contribution in [0.5, 0.6) is 0 Å². The number of aromatic nitrogens is 2. The molecule has 118 valence electrons. The topological polar surface area (TPSA) is 64.3 Å². The molecule has 0 aromatic carbocycles. The average Bonchev–Trinajstić information content (AvgIpc) is 2.40. The van der Waals surface area contributed by atoms with Crippen LogP contribution >= 0.6 is 15.9 Å². The molecule has 1 aromatic heterocycles. The molecular formula is C15H25BrN4O. The molecule has 2 heterocycles. The molecule has 6 heteroatoms. The van der Waals surface area contributed by atoms with Crippen LogP contribution in [-0.4, -0.2) is 40.6 Å². The van der Waals surface area contributed by atoms with Crippen LogP contribution in [-0.2, 0) is 10.2 Å². The lowest BCUT2D eigenvalue weighted by Crippen LogP contribution is -2.42. The molecule has 21 heavy (non-hydrogen) atoms. The molecular weight excluding hydrogens is 332 g/mol. The van der Waals surface area contributed by atoms with Gasteiger partial charge in [-0.15, -0.1) is 0 Å². The molecule has 1 aliphatic heterocycles. The highest BCUT2D eigenvalue weighted by Crippen LogP contribution is 2.33. The number of nitrogen functional groups attached to an aromatic ring is 1. The van der Waals surface area contributed by atoms with Crippen molar-refractivity contribution in [1.82, 2.24) is 14.9 Å². The van der Waals surface area contributed by atoms with Crippen LogP contribution < -0.4 is 5.73 Å². The molecule has 1 fully saturated rings. The van der Waals surface area contributed by atoms with Gasteiger partial charge in [0.1, 0.15) is 11.9 Å². The van der Waals surface area contributed by atoms with Crippen LogP contribution in [0, 0.1) is 0 Å². The first-order valence-electron chi connectivity index (χ1n) is 7.39. The van der Waals surface area contributed by atoms with E-state index in [1.165, 1.54) is 0 Å². The molecule has 1 aromatic rings. The Bertz CT molecular complexity index is 513. The fourth-order valence-corrected chi connectivity index (χ4v) is 3.19. The van der Waals surface area contributed by atoms with Gasteiger partial charge in [-0.1, -0.05) is 20.8 Å². The fraction of sp³-hybridized carbons (Fsp3) is 0.733. The van der Waals surface area contributed by atoms with Gasteiger partial charge >= 0.3 is 0 Å². The van der Waals surface area contributed by atoms with Crippen LogP contribution in [0.4, 0.5) is 5.82 Å². The molecule has 1 unspecified atom stereocenters. The van der Waals surface area contributed by atoms with Gasteiger partial charge in [0.25, 0.3) is 0 Å². The number of ether oxygens (including phenoxy) is 1. The monoisotopic (exact) mass is 356 g/mol. The van der Waals surface area contributed by atoms with Crippen LogP contribution in [0.1, 0.15) is 52.2 Å². The molecule has 0 amide bonds. The molecule has 0 bridgehead atoms. The normalized spacial score (nSPS) is 21.0. The lowest BCUT2D eigenvalue weighted by molar-refractivity contribution is -0.0443. The van der Waals surface area contributed by atoms with Gasteiger partial charge < -0.3 is 10.5 Å². The minimum atomic E-state index is -0.113. The first kappa shape index (κ1) is 16.6. The van der Waals surface area contributed by atoms with E-state index in [4.69, 9.17) is 15.5 Å². The third kappa shape index (κ3) is 3.73. The molecule has 0 spiro atoms. The van der Waals surface area contributed by atoms with Crippen molar-refractivity contribution in [2.24, 2.45) is 0 Å². The number of hydrogen-bond acceptors (Lipinski definition) is 5. The Kier molecular flexibility index (Phi) is 4.90. The van der Waals surface area contributed by atoms with Crippen molar-refractivity contribution < 1.29 is 4.74 Å². The second-order valence-corrected chi connectivity index (χ2v) is 7.62. The number of nitrogens with two attached hydrogens (primary N) is 1. The smallest absolute Gasteiger partial charge is 0.161 e. The summed E-state index contributed by atoms with van der Waals surface area (Å²) in [7, 11) is 0. The van der Waals surface area contributed by atoms with Crippen molar-refractivity contribution in [3.8, 4) is 0 Å². The standard InChI is InChI=1S/C15H25BrN4O/c1-9(2)20-6-7-21-10(8-20)14-18-12(15(3,4)5)11(16)13(17)19-14/h9-10H,6-8H2,1-5H3,(H2,17,18,19). The first-order valence-corrected chi connectivity index (χ1v) is 8.18. The van der Waals surface area contributed by atoms with Gasteiger partial charge in [0.15, 0.2) is 5.82 Å². The van der Waals surface area contributed by atoms with Crippen molar-refractivity contribution in [3.05, 3.63) is 16.0 Å². The minimum absolute atomic E-state index is 0.100. The molecule has 2 rings (SSSR count). The number of halogens is 1. The number of anilines is 1. The van der Waals surface area contributed by atoms with Gasteiger partial charge in [0, 0.05) is 24.5 Å². The largest absolute Gasteiger partial charge is 0.383 e. The van der Waals surface area contributed by atoms with E-state index in [9.17, 15) is 0 Å². The number of nitrogens with zero attached hydrogens (tertiary/aromatic N) is 3. The maximum atomic E-state index is 6.05. The van der Waals surface area contributed by atoms with E-state index < -0.39 is 0 Å². The summed E-state index contributed by atoms with van der Waals surface area (Å²) in [5, 5.41) is 0. The van der Waals surface area contributed by atoms with Gasteiger partial charge in [-0.05, 0) is 29.8 Å². The molecule has 1 saturated heterocycles. The number of hydrogen-bond donors (Lipinski definition) is 1. The number of morpholine rings is 1. The van der Waals surface area contributed by atoms with Crippen LogP contribution in [0.2, 0.25) is 0 Å². The molecule has 0 aliphatic carbocycles. The van der Waals surface area contributed by atoms with Crippen molar-refractivity contribution in [3.63, 3.8) is 0 Å². The average molecular weight is 357 g/mol. The Morgan fingerprint density at radius 1 is 1.33 bits per heavy atom. The molecule has 1 atom stereocenters. The highest BCUT2D eigenvalue weighted by atomic mass is 79.9. The van der Waals surface area contributed by atoms with E-state index in [1.54, 1.807) is 0 Å². The van der Waals surface area contributed by atoms with E-state index in [-0.39, 0.29) is 11.5 Å². The molecule has 0 saturated carbocycles. The summed E-state index contributed by atoms with van der Waals surface area (Å²) in [6, 6.07) is 0.492. The lowest BCUT2D eigenvalue weighted by Gasteiger charge is -2.35. The quantitative estimate of drug-likeness (QED) is 0.882. The van der Waals surface area contributed by atoms with Gasteiger partial charge in [-0.25, -0.2) is 9.97 Å². The van der Waals surface area contributed by atoms with Crippen molar-refractivity contribution in [1.29, 1.82) is 0 Å². The Balaban J connectivity index is 2.34. The maximum Gasteiger partial charge on any atom is 0.161 e. The zero-order valence-corrected chi connectivity index (χ0v) is 15.1. The summed E-state index contributed by atoms with van der Waals surface area (Å²) in [4.78, 5) is 11.5. The van der Waals surface area contributed by atoms with Crippen molar-refractivity contribution in [2.45, 2.75) is 52.2 Å². The van der Waals surface area contributed by atoms with E-state index in [0.29, 0.717) is 24.3 Å². The van der Waals surface area contributed by atoms with Gasteiger partial charge in [0.05, 0.1) is 16.8 Å². The lowest BCUT2D eigenvalue weighted by atomic mass is 9.91. The SMILES string of the molecule is CC(C)N1CCOC(c2nc(N)c(Br)c(C(C)(C)C)n2)C1. The third-order valence-electron chi connectivity index (χ3n) is 3.72. The summed E-state index contributed by atoms with van der Waals surface area (Å²) < 4.78 is 6.66. The number of rotatable bonds is 2. The highest BCUT2D eigenvalue weighted by molar-refractivity contribution is 9.10. The summed E-state index contributed by atoms with van der Waals surface area (Å²) in [6.07, 6.45) is -0.113. The Hall–Kier alpha value is -0.720. The maximum absolute atomic E-state index is 6.05. The summed E-state index contributed by atoms with van der Waals surface area (Å²) in [6.45, 7) is 13.2. The van der Waals surface area contributed by atoms with Crippen molar-refractivity contribution >= 4 is 21.7 Å². The summed E-state index contributed by atoms with van der Waals surface area (Å²) >= 11 is 3.51. The van der Waals surface area contributed by atoms with Crippen LogP contribution in [0.15, 0.2) is 4.47 Å². The van der Waals surface area contributed by atoms with Gasteiger partial charge in [-0.3, -0.25) is 4.90 Å². The Morgan fingerprint density at radius 2 is 2.00 bits per heavy atom. The van der Waals surface area contributed by atoms with Crippen LogP contribution in [0.25, 0.3) is 0 Å². The Morgan fingerprint density at radius 3 is 2.57 bits per heavy atom. The molecule has 5 nitrogen and oxygen atoms in total. The minimum Gasteiger partial charge on any atom is -0.383 e. The fourth-order valence-electron chi connectivity index (χ4n) is 2.42. The van der Waals surface area contributed by atoms with Gasteiger partial charge in [0.2, 0.25) is 0 Å². The van der Waals surface area contributed by atoms with E-state index in [2.05, 4.69) is 60.4 Å². The predicted molar refractivity (Wildman–Crippen MR) is 88.2 cm³/mol. The first-order chi connectivity index (χ1) is 9.70. The second kappa shape index (κ2) is 6.18. The van der Waals surface area contributed by atoms with E-state index in [0.717, 1.165) is 23.3 Å².